The zero-order valence-electron chi connectivity index (χ0n) is 29.8. The number of hydrogen-bond donors (Lipinski definition) is 6. The van der Waals surface area contributed by atoms with Gasteiger partial charge in [-0.1, -0.05) is 123 Å². The van der Waals surface area contributed by atoms with Gasteiger partial charge in [-0.05, 0) is 12.8 Å². The second kappa shape index (κ2) is 27.5. The smallest absolute Gasteiger partial charge is 0.303 e. The summed E-state index contributed by atoms with van der Waals surface area (Å²) in [5.41, 5.74) is 0. The normalized spacial score (nSPS) is 20.7. The molecule has 0 aliphatic carbocycles. The van der Waals surface area contributed by atoms with Gasteiger partial charge in [-0.25, -0.2) is 0 Å². The highest BCUT2D eigenvalue weighted by atomic mass is 16.5. The van der Waals surface area contributed by atoms with E-state index in [0.717, 1.165) is 38.5 Å². The summed E-state index contributed by atoms with van der Waals surface area (Å²) < 4.78 is 6.02. The van der Waals surface area contributed by atoms with Crippen molar-refractivity contribution in [3.8, 4) is 0 Å². The second-order valence-electron chi connectivity index (χ2n) is 13.3. The molecule has 1 rings (SSSR count). The number of aliphatic hydroxyl groups excluding tert-OH is 3. The molecule has 0 unspecified atom stereocenters. The van der Waals surface area contributed by atoms with Crippen LogP contribution in [0.4, 0.5) is 0 Å². The molecule has 1 fully saturated rings. The molecule has 0 bridgehead atoms. The summed E-state index contributed by atoms with van der Waals surface area (Å²) in [6, 6.07) is -1.22. The van der Waals surface area contributed by atoms with E-state index in [4.69, 9.17) is 9.84 Å². The van der Waals surface area contributed by atoms with E-state index < -0.39 is 61.5 Å². The predicted octanol–water partition coefficient (Wildman–Crippen LogP) is 4.56. The van der Waals surface area contributed by atoms with Gasteiger partial charge >= 0.3 is 5.97 Å². The lowest BCUT2D eigenvalue weighted by atomic mass is 9.94. The highest BCUT2D eigenvalue weighted by Gasteiger charge is 2.48. The third-order valence-electron chi connectivity index (χ3n) is 9.11. The first kappa shape index (κ1) is 43.7. The average Bonchev–Trinajstić information content (AvgIpc) is 3.07. The Morgan fingerprint density at radius 3 is 1.65 bits per heavy atom. The highest BCUT2D eigenvalue weighted by molar-refractivity contribution is 5.86. The molecule has 1 aliphatic rings. The van der Waals surface area contributed by atoms with E-state index in [2.05, 4.69) is 24.5 Å². The molecule has 5 atom stereocenters. The molecule has 12 nitrogen and oxygen atoms in total. The van der Waals surface area contributed by atoms with E-state index in [9.17, 15) is 34.5 Å². The third-order valence-corrected chi connectivity index (χ3v) is 9.11. The maximum atomic E-state index is 13.7. The monoisotopic (exact) mass is 685 g/mol. The molecule has 1 saturated heterocycles. The van der Waals surface area contributed by atoms with Gasteiger partial charge in [0.1, 0.15) is 24.4 Å². The van der Waals surface area contributed by atoms with E-state index >= 15 is 0 Å². The Hall–Kier alpha value is -2.28. The van der Waals surface area contributed by atoms with Crippen molar-refractivity contribution >= 4 is 23.7 Å². The fraction of sp³-hybridized carbons (Fsp3) is 0.889. The van der Waals surface area contributed by atoms with Crippen LogP contribution in [0.25, 0.3) is 0 Å². The van der Waals surface area contributed by atoms with Crippen LogP contribution < -0.4 is 10.6 Å². The minimum Gasteiger partial charge on any atom is -0.481 e. The number of unbranched alkanes of at least 4 members (excludes halogenated alkanes) is 17. The summed E-state index contributed by atoms with van der Waals surface area (Å²) >= 11 is 0. The quantitative estimate of drug-likeness (QED) is 0.0614. The Bertz CT molecular complexity index is 891. The maximum Gasteiger partial charge on any atom is 0.303 e. The van der Waals surface area contributed by atoms with Crippen LogP contribution >= 0.6 is 0 Å². The Morgan fingerprint density at radius 1 is 0.646 bits per heavy atom. The Kier molecular flexibility index (Phi) is 25.1. The number of aliphatic hydroxyl groups is 3. The first-order chi connectivity index (χ1) is 23.2. The van der Waals surface area contributed by atoms with Gasteiger partial charge in [0.25, 0.3) is 0 Å². The molecule has 1 aliphatic heterocycles. The van der Waals surface area contributed by atoms with Crippen LogP contribution in [0.15, 0.2) is 0 Å². The number of nitrogens with one attached hydrogen (secondary N) is 2. The van der Waals surface area contributed by atoms with Gasteiger partial charge in [-0.2, -0.15) is 0 Å². The first-order valence-corrected chi connectivity index (χ1v) is 18.9. The number of amides is 3. The summed E-state index contributed by atoms with van der Waals surface area (Å²) in [5.74, 6) is -2.64. The fourth-order valence-corrected chi connectivity index (χ4v) is 6.14. The molecule has 0 aromatic heterocycles. The van der Waals surface area contributed by atoms with Gasteiger partial charge < -0.3 is 40.7 Å². The van der Waals surface area contributed by atoms with Crippen LogP contribution in [0, 0.1) is 0 Å². The van der Waals surface area contributed by atoms with E-state index in [1.807, 2.05) is 0 Å². The van der Waals surface area contributed by atoms with Gasteiger partial charge in [0, 0.05) is 19.4 Å². The van der Waals surface area contributed by atoms with E-state index in [1.54, 1.807) is 0 Å². The van der Waals surface area contributed by atoms with Crippen LogP contribution in [0.3, 0.4) is 0 Å². The fourth-order valence-electron chi connectivity index (χ4n) is 6.14. The van der Waals surface area contributed by atoms with Crippen molar-refractivity contribution in [1.29, 1.82) is 0 Å². The largest absolute Gasteiger partial charge is 0.481 e. The molecule has 0 spiro atoms. The SMILES string of the molecule is CCCCCCCCCCCCN(C(=O)CCCCCCCCCCC)[C@@H]1O[C@H](CO)[C@@H](O)[C@H](O)[C@@H]1NC(=O)CNC(=O)CCC(=O)O. The summed E-state index contributed by atoms with van der Waals surface area (Å²) in [6.07, 6.45) is 15.4. The molecule has 6 N–H and O–H groups in total. The van der Waals surface area contributed by atoms with Crippen molar-refractivity contribution in [3.05, 3.63) is 0 Å². The number of hydrogen-bond acceptors (Lipinski definition) is 8. The molecule has 0 aromatic rings. The molecule has 0 aromatic carbocycles. The van der Waals surface area contributed by atoms with Gasteiger partial charge in [-0.3, -0.25) is 19.2 Å². The van der Waals surface area contributed by atoms with Crippen LogP contribution in [0.1, 0.15) is 155 Å². The molecule has 1 heterocycles. The van der Waals surface area contributed by atoms with Crippen LogP contribution in [-0.2, 0) is 23.9 Å². The highest BCUT2D eigenvalue weighted by Crippen LogP contribution is 2.26. The summed E-state index contributed by atoms with van der Waals surface area (Å²) in [7, 11) is 0. The van der Waals surface area contributed by atoms with Gasteiger partial charge in [-0.15, -0.1) is 0 Å². The van der Waals surface area contributed by atoms with E-state index in [0.29, 0.717) is 19.4 Å². The van der Waals surface area contributed by atoms with Crippen molar-refractivity contribution in [1.82, 2.24) is 15.5 Å². The predicted molar refractivity (Wildman–Crippen MR) is 185 cm³/mol. The average molecular weight is 686 g/mol. The number of aliphatic carboxylic acids is 1. The number of carboxylic acid groups (broad SMARTS) is 1. The van der Waals surface area contributed by atoms with E-state index in [1.165, 1.54) is 75.5 Å². The number of carboxylic acids is 1. The molecule has 12 heteroatoms. The number of nitrogens with zero attached hydrogens (tertiary/aromatic N) is 1. The molecular formula is C36H67N3O9. The number of carbonyl (C=O) groups is 4. The molecule has 0 radical (unpaired) electrons. The molecular weight excluding hydrogens is 618 g/mol. The molecule has 0 saturated carbocycles. The molecule has 3 amide bonds. The summed E-state index contributed by atoms with van der Waals surface area (Å²) in [6.45, 7) is 3.66. The summed E-state index contributed by atoms with van der Waals surface area (Å²) in [5, 5.41) is 45.4. The zero-order chi connectivity index (χ0) is 35.6. The van der Waals surface area contributed by atoms with Crippen molar-refractivity contribution in [3.63, 3.8) is 0 Å². The Labute approximate surface area is 288 Å². The van der Waals surface area contributed by atoms with Crippen LogP contribution in [-0.4, -0.2) is 99.3 Å². The lowest BCUT2D eigenvalue weighted by molar-refractivity contribution is -0.231. The standard InChI is InChI=1S/C36H67N3O9/c1-3-5-7-9-11-13-15-17-19-21-25-39(31(43)22-20-18-16-14-12-10-8-6-4-2)36-33(35(47)34(46)28(27-40)48-36)38-30(42)26-37-29(41)23-24-32(44)45/h28,33-36,40,46-47H,3-27H2,1-2H3,(H,37,41)(H,38,42)(H,44,45)/t28-,33+,34-,35-,36-/m1/s1. The first-order valence-electron chi connectivity index (χ1n) is 18.9. The topological polar surface area (TPSA) is 186 Å². The van der Waals surface area contributed by atoms with Crippen LogP contribution in [0.5, 0.6) is 0 Å². The lowest BCUT2D eigenvalue weighted by Crippen LogP contribution is -2.69. The Balaban J connectivity index is 2.89. The molecule has 48 heavy (non-hydrogen) atoms. The van der Waals surface area contributed by atoms with E-state index in [-0.39, 0.29) is 25.2 Å². The summed E-state index contributed by atoms with van der Waals surface area (Å²) in [4.78, 5) is 50.8. The van der Waals surface area contributed by atoms with Crippen molar-refractivity contribution in [2.45, 2.75) is 186 Å². The van der Waals surface area contributed by atoms with Crippen molar-refractivity contribution in [2.75, 3.05) is 19.7 Å². The van der Waals surface area contributed by atoms with Gasteiger partial charge in [0.15, 0.2) is 6.23 Å². The minimum absolute atomic E-state index is 0.180. The van der Waals surface area contributed by atoms with Crippen molar-refractivity contribution in [2.24, 2.45) is 0 Å². The number of carbonyl (C=O) groups excluding carboxylic acids is 3. The minimum atomic E-state index is -1.55. The van der Waals surface area contributed by atoms with Crippen molar-refractivity contribution < 1.29 is 44.3 Å². The molecule has 280 valence electrons. The van der Waals surface area contributed by atoms with Crippen LogP contribution in [0.2, 0.25) is 0 Å². The number of rotatable bonds is 29. The van der Waals surface area contributed by atoms with Gasteiger partial charge in [0.2, 0.25) is 17.7 Å². The lowest BCUT2D eigenvalue weighted by Gasteiger charge is -2.47. The second-order valence-corrected chi connectivity index (χ2v) is 13.3. The zero-order valence-corrected chi connectivity index (χ0v) is 29.8. The Morgan fingerprint density at radius 2 is 1.15 bits per heavy atom. The third kappa shape index (κ3) is 19.0. The van der Waals surface area contributed by atoms with Gasteiger partial charge in [0.05, 0.1) is 19.6 Å². The maximum absolute atomic E-state index is 13.7. The number of ether oxygens (including phenoxy) is 1.